The second-order valence-corrected chi connectivity index (χ2v) is 7.39. The van der Waals surface area contributed by atoms with E-state index in [1.165, 1.54) is 22.7 Å². The van der Waals surface area contributed by atoms with Crippen molar-refractivity contribution in [3.8, 4) is 28.5 Å². The number of likely N-dealkylation sites (tertiary alicyclic amines) is 1. The SMILES string of the molecule is COc1cc(-c2cc([C@]3(O)CCN(C)C3=O)on2)nc(-c2ccnc(SC)n2)c1. The lowest BCUT2D eigenvalue weighted by atomic mass is 9.98. The van der Waals surface area contributed by atoms with Crippen molar-refractivity contribution in [1.29, 1.82) is 0 Å². The summed E-state index contributed by atoms with van der Waals surface area (Å²) >= 11 is 1.43. The molecule has 0 saturated carbocycles. The molecule has 1 amide bonds. The summed E-state index contributed by atoms with van der Waals surface area (Å²) in [6.07, 6.45) is 3.81. The number of ether oxygens (including phenoxy) is 1. The Bertz CT molecular complexity index is 1070. The van der Waals surface area contributed by atoms with Gasteiger partial charge in [0.1, 0.15) is 11.4 Å². The van der Waals surface area contributed by atoms with Crippen molar-refractivity contribution in [1.82, 2.24) is 25.0 Å². The highest BCUT2D eigenvalue weighted by molar-refractivity contribution is 7.98. The maximum atomic E-state index is 12.3. The Labute approximate surface area is 171 Å². The molecule has 1 fully saturated rings. The number of methoxy groups -OCH3 is 1. The lowest BCUT2D eigenvalue weighted by Crippen LogP contribution is -2.35. The summed E-state index contributed by atoms with van der Waals surface area (Å²) in [6.45, 7) is 0.443. The molecule has 29 heavy (non-hydrogen) atoms. The van der Waals surface area contributed by atoms with Crippen molar-refractivity contribution in [2.75, 3.05) is 27.0 Å². The molecule has 3 aromatic rings. The molecule has 1 atom stereocenters. The van der Waals surface area contributed by atoms with Crippen LogP contribution in [0.1, 0.15) is 12.2 Å². The van der Waals surface area contributed by atoms with Crippen LogP contribution in [0.15, 0.2) is 40.1 Å². The predicted molar refractivity (Wildman–Crippen MR) is 105 cm³/mol. The van der Waals surface area contributed by atoms with E-state index in [4.69, 9.17) is 9.26 Å². The third-order valence-corrected chi connectivity index (χ3v) is 5.36. The number of rotatable bonds is 5. The van der Waals surface area contributed by atoms with Gasteiger partial charge in [-0.2, -0.15) is 0 Å². The summed E-state index contributed by atoms with van der Waals surface area (Å²) < 4.78 is 10.7. The molecule has 4 rings (SSSR count). The van der Waals surface area contributed by atoms with Gasteiger partial charge < -0.3 is 19.3 Å². The lowest BCUT2D eigenvalue weighted by Gasteiger charge is -2.16. The largest absolute Gasteiger partial charge is 0.497 e. The molecular weight excluding hydrogens is 394 g/mol. The Hall–Kier alpha value is -2.98. The highest BCUT2D eigenvalue weighted by Gasteiger charge is 2.48. The molecule has 4 heterocycles. The van der Waals surface area contributed by atoms with E-state index in [0.717, 1.165) is 0 Å². The molecule has 1 aliphatic rings. The maximum Gasteiger partial charge on any atom is 0.262 e. The molecule has 0 spiro atoms. The number of aliphatic hydroxyl groups is 1. The van der Waals surface area contributed by atoms with Gasteiger partial charge in [-0.25, -0.2) is 15.0 Å². The number of hydrogen-bond acceptors (Lipinski definition) is 9. The van der Waals surface area contributed by atoms with Crippen molar-refractivity contribution in [3.05, 3.63) is 36.2 Å². The van der Waals surface area contributed by atoms with E-state index in [0.29, 0.717) is 40.2 Å². The summed E-state index contributed by atoms with van der Waals surface area (Å²) in [5, 5.41) is 15.4. The summed E-state index contributed by atoms with van der Waals surface area (Å²) in [5.74, 6) is 0.249. The fourth-order valence-corrected chi connectivity index (χ4v) is 3.50. The minimum atomic E-state index is -1.71. The van der Waals surface area contributed by atoms with E-state index in [-0.39, 0.29) is 12.2 Å². The van der Waals surface area contributed by atoms with E-state index >= 15 is 0 Å². The number of pyridine rings is 1. The highest BCUT2D eigenvalue weighted by atomic mass is 32.2. The van der Waals surface area contributed by atoms with E-state index < -0.39 is 11.5 Å². The quantitative estimate of drug-likeness (QED) is 0.495. The molecule has 9 nitrogen and oxygen atoms in total. The van der Waals surface area contributed by atoms with Crippen LogP contribution >= 0.6 is 11.8 Å². The first kappa shape index (κ1) is 19.3. The normalized spacial score (nSPS) is 19.0. The van der Waals surface area contributed by atoms with Gasteiger partial charge in [0, 0.05) is 44.4 Å². The van der Waals surface area contributed by atoms with Crippen molar-refractivity contribution >= 4 is 17.7 Å². The first-order chi connectivity index (χ1) is 13.9. The molecule has 0 unspecified atom stereocenters. The lowest BCUT2D eigenvalue weighted by molar-refractivity contribution is -0.144. The number of hydrogen-bond donors (Lipinski definition) is 1. The van der Waals surface area contributed by atoms with Gasteiger partial charge in [-0.15, -0.1) is 0 Å². The predicted octanol–water partition coefficient (Wildman–Crippen LogP) is 1.97. The van der Waals surface area contributed by atoms with Crippen LogP contribution in [0.25, 0.3) is 22.8 Å². The Morgan fingerprint density at radius 1 is 1.21 bits per heavy atom. The summed E-state index contributed by atoms with van der Waals surface area (Å²) in [7, 11) is 3.19. The van der Waals surface area contributed by atoms with Gasteiger partial charge >= 0.3 is 0 Å². The molecule has 0 aromatic carbocycles. The van der Waals surface area contributed by atoms with Crippen molar-refractivity contribution in [2.45, 2.75) is 17.2 Å². The number of thioether (sulfide) groups is 1. The van der Waals surface area contributed by atoms with Crippen molar-refractivity contribution in [3.63, 3.8) is 0 Å². The average Bonchev–Trinajstić information content (AvgIpc) is 3.36. The zero-order chi connectivity index (χ0) is 20.6. The minimum absolute atomic E-state index is 0.0970. The van der Waals surface area contributed by atoms with Gasteiger partial charge in [0.15, 0.2) is 10.9 Å². The molecule has 10 heteroatoms. The number of carbonyl (C=O) groups excluding carboxylic acids is 1. The van der Waals surface area contributed by atoms with Gasteiger partial charge in [0.25, 0.3) is 5.91 Å². The first-order valence-electron chi connectivity index (χ1n) is 8.83. The smallest absolute Gasteiger partial charge is 0.262 e. The van der Waals surface area contributed by atoms with E-state index in [1.807, 2.05) is 6.26 Å². The zero-order valence-corrected chi connectivity index (χ0v) is 16.9. The number of likely N-dealkylation sites (N-methyl/N-ethyl adjacent to an activating group) is 1. The van der Waals surface area contributed by atoms with E-state index in [9.17, 15) is 9.90 Å². The van der Waals surface area contributed by atoms with Crippen LogP contribution in [-0.2, 0) is 10.4 Å². The summed E-state index contributed by atoms with van der Waals surface area (Å²) in [6, 6.07) is 6.76. The summed E-state index contributed by atoms with van der Waals surface area (Å²) in [5.41, 5.74) is 0.370. The third-order valence-electron chi connectivity index (χ3n) is 4.80. The standard InChI is InChI=1S/C19H19N5O4S/c1-24-7-5-19(26,17(24)25)16-10-15(23-28-16)14-9-11(27-2)8-13(21-14)12-4-6-20-18(22-12)29-3/h4,6,8-10,26H,5,7H2,1-3H3/t19-/m1/s1. The monoisotopic (exact) mass is 413 g/mol. The molecule has 0 aliphatic carbocycles. The van der Waals surface area contributed by atoms with E-state index in [1.54, 1.807) is 38.6 Å². The van der Waals surface area contributed by atoms with Crippen LogP contribution in [0.4, 0.5) is 0 Å². The topological polar surface area (TPSA) is 114 Å². The number of amides is 1. The second-order valence-electron chi connectivity index (χ2n) is 6.62. The summed E-state index contributed by atoms with van der Waals surface area (Å²) in [4.78, 5) is 27.0. The zero-order valence-electron chi connectivity index (χ0n) is 16.1. The van der Waals surface area contributed by atoms with Crippen molar-refractivity contribution < 1.29 is 19.2 Å². The second kappa shape index (κ2) is 7.45. The Morgan fingerprint density at radius 2 is 1.97 bits per heavy atom. The molecule has 3 aromatic heterocycles. The van der Waals surface area contributed by atoms with Crippen LogP contribution in [0.3, 0.4) is 0 Å². The minimum Gasteiger partial charge on any atom is -0.497 e. The van der Waals surface area contributed by atoms with Gasteiger partial charge in [0.05, 0.1) is 24.2 Å². The molecule has 0 bridgehead atoms. The van der Waals surface area contributed by atoms with Crippen LogP contribution in [0.2, 0.25) is 0 Å². The number of aromatic nitrogens is 4. The van der Waals surface area contributed by atoms with Crippen LogP contribution in [0, 0.1) is 0 Å². The first-order valence-corrected chi connectivity index (χ1v) is 10.1. The molecule has 1 saturated heterocycles. The fourth-order valence-electron chi connectivity index (χ4n) is 3.14. The molecule has 1 aliphatic heterocycles. The van der Waals surface area contributed by atoms with Gasteiger partial charge in [-0.3, -0.25) is 4.79 Å². The van der Waals surface area contributed by atoms with Crippen LogP contribution in [-0.4, -0.2) is 63.0 Å². The van der Waals surface area contributed by atoms with Crippen LogP contribution < -0.4 is 4.74 Å². The molecule has 0 radical (unpaired) electrons. The Balaban J connectivity index is 1.74. The van der Waals surface area contributed by atoms with Gasteiger partial charge in [-0.05, 0) is 12.3 Å². The highest BCUT2D eigenvalue weighted by Crippen LogP contribution is 2.35. The third kappa shape index (κ3) is 3.45. The van der Waals surface area contributed by atoms with Crippen molar-refractivity contribution in [2.24, 2.45) is 0 Å². The molecule has 1 N–H and O–H groups in total. The Morgan fingerprint density at radius 3 is 2.62 bits per heavy atom. The van der Waals surface area contributed by atoms with Gasteiger partial charge in [0.2, 0.25) is 5.60 Å². The van der Waals surface area contributed by atoms with Crippen LogP contribution in [0.5, 0.6) is 5.75 Å². The maximum absolute atomic E-state index is 12.3. The number of carbonyl (C=O) groups is 1. The fraction of sp³-hybridized carbons (Fsp3) is 0.316. The Kier molecular flexibility index (Phi) is 4.97. The molecular formula is C19H19N5O4S. The average molecular weight is 413 g/mol. The van der Waals surface area contributed by atoms with Gasteiger partial charge in [-0.1, -0.05) is 16.9 Å². The molecule has 150 valence electrons. The van der Waals surface area contributed by atoms with E-state index in [2.05, 4.69) is 20.1 Å². The number of nitrogens with zero attached hydrogens (tertiary/aromatic N) is 5.